The second-order valence-corrected chi connectivity index (χ2v) is 10.9. The van der Waals surface area contributed by atoms with Crippen LogP contribution in [0.25, 0.3) is 0 Å². The van der Waals surface area contributed by atoms with Gasteiger partial charge in [0, 0.05) is 29.2 Å². The molecule has 4 aliphatic rings. The number of rotatable bonds is 4. The van der Waals surface area contributed by atoms with Crippen molar-refractivity contribution in [2.75, 3.05) is 14.2 Å². The molecule has 1 aliphatic heterocycles. The van der Waals surface area contributed by atoms with Gasteiger partial charge in [-0.25, -0.2) is 0 Å². The molecule has 32 heavy (non-hydrogen) atoms. The minimum absolute atomic E-state index is 0.0326. The molecule has 0 aromatic heterocycles. The summed E-state index contributed by atoms with van der Waals surface area (Å²) in [6, 6.07) is 5.87. The Hall–Kier alpha value is -2.23. The van der Waals surface area contributed by atoms with Crippen LogP contribution < -0.4 is 9.47 Å². The number of ether oxygens (including phenoxy) is 2. The Bertz CT molecular complexity index is 994. The van der Waals surface area contributed by atoms with E-state index in [1.165, 1.54) is 31.4 Å². The lowest BCUT2D eigenvalue weighted by Gasteiger charge is -2.55. The lowest BCUT2D eigenvalue weighted by atomic mass is 9.52. The van der Waals surface area contributed by atoms with Crippen molar-refractivity contribution in [3.63, 3.8) is 0 Å². The van der Waals surface area contributed by atoms with E-state index in [9.17, 15) is 4.79 Å². The fraction of sp³-hybridized carbons (Fsp3) is 0.607. The number of allylic oxidation sites excluding steroid dienone is 4. The van der Waals surface area contributed by atoms with Crippen molar-refractivity contribution in [1.82, 2.24) is 4.90 Å². The summed E-state index contributed by atoms with van der Waals surface area (Å²) in [6.07, 6.45) is 11.5. The number of benzene rings is 1. The van der Waals surface area contributed by atoms with Gasteiger partial charge in [-0.1, -0.05) is 32.4 Å². The van der Waals surface area contributed by atoms with Crippen molar-refractivity contribution in [2.24, 2.45) is 28.6 Å². The van der Waals surface area contributed by atoms with Gasteiger partial charge < -0.3 is 14.4 Å². The molecule has 1 heterocycles. The molecule has 1 amide bonds. The first-order valence-electron chi connectivity index (χ1n) is 12.3. The zero-order valence-electron chi connectivity index (χ0n) is 20.2. The summed E-state index contributed by atoms with van der Waals surface area (Å²) in [5.41, 5.74) is 4.37. The molecule has 5 atom stereocenters. The maximum Gasteiger partial charge on any atom is 0.227 e. The van der Waals surface area contributed by atoms with Crippen LogP contribution in [0.15, 0.2) is 41.6 Å². The number of likely N-dealkylation sites (tertiary alicyclic amines) is 1. The van der Waals surface area contributed by atoms with Gasteiger partial charge in [-0.05, 0) is 73.5 Å². The highest BCUT2D eigenvalue weighted by Crippen LogP contribution is 2.64. The van der Waals surface area contributed by atoms with Crippen molar-refractivity contribution in [3.05, 3.63) is 47.2 Å². The number of amides is 1. The van der Waals surface area contributed by atoms with E-state index in [0.717, 1.165) is 29.4 Å². The summed E-state index contributed by atoms with van der Waals surface area (Å²) in [6.45, 7) is 7.94. The molecule has 1 saturated heterocycles. The van der Waals surface area contributed by atoms with E-state index in [0.29, 0.717) is 30.2 Å². The highest BCUT2D eigenvalue weighted by molar-refractivity contribution is 5.80. The third-order valence-corrected chi connectivity index (χ3v) is 9.65. The number of nitrogens with zero attached hydrogens (tertiary/aromatic N) is 1. The quantitative estimate of drug-likeness (QED) is 0.572. The largest absolute Gasteiger partial charge is 0.497 e. The maximum atomic E-state index is 13.2. The van der Waals surface area contributed by atoms with Gasteiger partial charge in [-0.15, -0.1) is 0 Å². The van der Waals surface area contributed by atoms with E-state index in [1.54, 1.807) is 19.8 Å². The standard InChI is InChI=1S/C28H37NO3/c1-18-6-10-22-21-9-11-25-28(3,23(21)12-14-27(18,22)2)15-13-26(30)29(25)17-19-7-8-20(31-4)16-24(19)32-5/h7-9,11,16,18,22-23H,6,10,12-15,17H2,1-5H3/t18?,22-,23+,27+,28+/m0/s1. The summed E-state index contributed by atoms with van der Waals surface area (Å²) < 4.78 is 11.0. The second kappa shape index (κ2) is 7.67. The van der Waals surface area contributed by atoms with E-state index in [4.69, 9.17) is 9.47 Å². The highest BCUT2D eigenvalue weighted by atomic mass is 16.5. The van der Waals surface area contributed by atoms with Crippen molar-refractivity contribution in [3.8, 4) is 11.5 Å². The molecular formula is C28H37NO3. The molecule has 1 aromatic rings. The third-order valence-electron chi connectivity index (χ3n) is 9.65. The Balaban J connectivity index is 1.51. The Labute approximate surface area is 192 Å². The molecule has 1 unspecified atom stereocenters. The summed E-state index contributed by atoms with van der Waals surface area (Å²) in [4.78, 5) is 15.2. The summed E-state index contributed by atoms with van der Waals surface area (Å²) in [7, 11) is 3.34. The van der Waals surface area contributed by atoms with Crippen LogP contribution in [0.1, 0.15) is 64.9 Å². The second-order valence-electron chi connectivity index (χ2n) is 10.9. The number of methoxy groups -OCH3 is 2. The fourth-order valence-corrected chi connectivity index (χ4v) is 7.38. The molecule has 0 N–H and O–H groups in total. The first-order valence-corrected chi connectivity index (χ1v) is 12.3. The number of hydrogen-bond donors (Lipinski definition) is 0. The predicted molar refractivity (Wildman–Crippen MR) is 126 cm³/mol. The van der Waals surface area contributed by atoms with E-state index in [-0.39, 0.29) is 11.3 Å². The van der Waals surface area contributed by atoms with Gasteiger partial charge >= 0.3 is 0 Å². The van der Waals surface area contributed by atoms with Gasteiger partial charge in [-0.2, -0.15) is 0 Å². The van der Waals surface area contributed by atoms with E-state index in [2.05, 4.69) is 32.9 Å². The molecule has 0 radical (unpaired) electrons. The van der Waals surface area contributed by atoms with Crippen LogP contribution in [0.4, 0.5) is 0 Å². The lowest BCUT2D eigenvalue weighted by Crippen LogP contribution is -2.50. The molecule has 3 aliphatic carbocycles. The minimum atomic E-state index is 0.0326. The van der Waals surface area contributed by atoms with Crippen molar-refractivity contribution in [1.29, 1.82) is 0 Å². The van der Waals surface area contributed by atoms with Crippen LogP contribution >= 0.6 is 0 Å². The van der Waals surface area contributed by atoms with E-state index < -0.39 is 0 Å². The normalized spacial score (nSPS) is 36.0. The number of piperidine rings is 1. The van der Waals surface area contributed by atoms with Crippen LogP contribution in [-0.4, -0.2) is 25.0 Å². The number of carbonyl (C=O) groups excluding carboxylic acids is 1. The smallest absolute Gasteiger partial charge is 0.227 e. The lowest BCUT2D eigenvalue weighted by molar-refractivity contribution is -0.135. The van der Waals surface area contributed by atoms with Gasteiger partial charge in [0.15, 0.2) is 0 Å². The summed E-state index contributed by atoms with van der Waals surface area (Å²) in [5, 5.41) is 0. The fourth-order valence-electron chi connectivity index (χ4n) is 7.38. The molecule has 0 spiro atoms. The molecule has 1 aromatic carbocycles. The molecule has 4 heteroatoms. The van der Waals surface area contributed by atoms with Gasteiger partial charge in [0.2, 0.25) is 5.91 Å². The average molecular weight is 436 g/mol. The Morgan fingerprint density at radius 2 is 1.84 bits per heavy atom. The average Bonchev–Trinajstić information content (AvgIpc) is 3.10. The van der Waals surface area contributed by atoms with Gasteiger partial charge in [0.1, 0.15) is 11.5 Å². The Kier molecular flexibility index (Phi) is 5.18. The van der Waals surface area contributed by atoms with E-state index >= 15 is 0 Å². The molecule has 172 valence electrons. The van der Waals surface area contributed by atoms with Gasteiger partial charge in [0.25, 0.3) is 0 Å². The summed E-state index contributed by atoms with van der Waals surface area (Å²) in [5.74, 6) is 3.82. The molecule has 2 saturated carbocycles. The first-order chi connectivity index (χ1) is 15.3. The highest BCUT2D eigenvalue weighted by Gasteiger charge is 2.56. The minimum Gasteiger partial charge on any atom is -0.497 e. The van der Waals surface area contributed by atoms with Crippen molar-refractivity contribution in [2.45, 2.75) is 65.8 Å². The van der Waals surface area contributed by atoms with Crippen LogP contribution in [0.2, 0.25) is 0 Å². The number of hydrogen-bond acceptors (Lipinski definition) is 3. The molecular weight excluding hydrogens is 398 g/mol. The SMILES string of the molecule is COc1ccc(CN2C(=O)CC[C@@]3(C)C2=CC=C2[C@H]3CC[C@]3(C)C(C)CC[C@@H]23)c(OC)c1. The van der Waals surface area contributed by atoms with Crippen LogP contribution in [-0.2, 0) is 11.3 Å². The first kappa shape index (κ1) is 21.6. The maximum absolute atomic E-state index is 13.2. The monoisotopic (exact) mass is 435 g/mol. The molecule has 4 nitrogen and oxygen atoms in total. The number of fused-ring (bicyclic) bond motifs is 5. The predicted octanol–water partition coefficient (Wildman–Crippen LogP) is 6.12. The Morgan fingerprint density at radius 1 is 1.03 bits per heavy atom. The molecule has 3 fully saturated rings. The number of carbonyl (C=O) groups is 1. The summed E-state index contributed by atoms with van der Waals surface area (Å²) >= 11 is 0. The van der Waals surface area contributed by atoms with E-state index in [1.807, 2.05) is 23.1 Å². The topological polar surface area (TPSA) is 38.8 Å². The van der Waals surface area contributed by atoms with Crippen LogP contribution in [0.5, 0.6) is 11.5 Å². The third kappa shape index (κ3) is 3.05. The van der Waals surface area contributed by atoms with Gasteiger partial charge in [-0.3, -0.25) is 4.79 Å². The van der Waals surface area contributed by atoms with Gasteiger partial charge in [0.05, 0.1) is 20.8 Å². The van der Waals surface area contributed by atoms with Crippen LogP contribution in [0.3, 0.4) is 0 Å². The molecule has 0 bridgehead atoms. The zero-order valence-corrected chi connectivity index (χ0v) is 20.2. The van der Waals surface area contributed by atoms with Crippen molar-refractivity contribution >= 4 is 5.91 Å². The van der Waals surface area contributed by atoms with Crippen molar-refractivity contribution < 1.29 is 14.3 Å². The Morgan fingerprint density at radius 3 is 2.59 bits per heavy atom. The zero-order chi connectivity index (χ0) is 22.7. The molecule has 5 rings (SSSR count). The van der Waals surface area contributed by atoms with Crippen LogP contribution in [0, 0.1) is 28.6 Å².